The predicted octanol–water partition coefficient (Wildman–Crippen LogP) is 2.22. The summed E-state index contributed by atoms with van der Waals surface area (Å²) >= 11 is 0. The molecule has 0 saturated heterocycles. The highest BCUT2D eigenvalue weighted by Gasteiger charge is 2.20. The molecule has 0 atom stereocenters. The minimum absolute atomic E-state index is 0.760. The maximum atomic E-state index is 4.28. The zero-order chi connectivity index (χ0) is 7.84. The van der Waals surface area contributed by atoms with Crippen LogP contribution in [0.1, 0.15) is 36.7 Å². The van der Waals surface area contributed by atoms with Gasteiger partial charge in [0.05, 0.1) is 12.0 Å². The fourth-order valence-corrected chi connectivity index (χ4v) is 1.55. The molecule has 0 unspecified atom stereocenters. The van der Waals surface area contributed by atoms with Gasteiger partial charge < -0.3 is 4.57 Å². The smallest absolute Gasteiger partial charge is 0.0954 e. The van der Waals surface area contributed by atoms with Crippen LogP contribution in [-0.2, 0) is 0 Å². The van der Waals surface area contributed by atoms with Crippen molar-refractivity contribution in [3.8, 4) is 0 Å². The maximum Gasteiger partial charge on any atom is 0.0954 e. The number of hydrogen-bond acceptors (Lipinski definition) is 1. The van der Waals surface area contributed by atoms with Crippen molar-refractivity contribution in [1.82, 2.24) is 9.55 Å². The van der Waals surface area contributed by atoms with Gasteiger partial charge >= 0.3 is 0 Å². The van der Waals surface area contributed by atoms with E-state index in [0.717, 1.165) is 6.04 Å². The van der Waals surface area contributed by atoms with Gasteiger partial charge in [-0.15, -0.1) is 0 Å². The van der Waals surface area contributed by atoms with Crippen molar-refractivity contribution in [2.24, 2.45) is 0 Å². The quantitative estimate of drug-likeness (QED) is 0.600. The summed E-state index contributed by atoms with van der Waals surface area (Å²) in [7, 11) is 0. The first-order valence-electron chi connectivity index (χ1n) is 4.29. The molecule has 0 radical (unpaired) electrons. The number of rotatable bonds is 1. The third-order valence-corrected chi connectivity index (χ3v) is 2.75. The number of aromatic nitrogens is 2. The lowest BCUT2D eigenvalue weighted by Crippen LogP contribution is -2.17. The average Bonchev–Trinajstić information content (AvgIpc) is 2.15. The minimum Gasteiger partial charge on any atom is -0.332 e. The third-order valence-electron chi connectivity index (χ3n) is 2.75. The van der Waals surface area contributed by atoms with E-state index in [0.29, 0.717) is 0 Å². The molecule has 0 spiro atoms. The van der Waals surface area contributed by atoms with Crippen LogP contribution in [0.4, 0.5) is 0 Å². The Labute approximate surface area is 67.3 Å². The van der Waals surface area contributed by atoms with E-state index in [-0.39, 0.29) is 0 Å². The Morgan fingerprint density at radius 2 is 2.18 bits per heavy atom. The third kappa shape index (κ3) is 0.971. The summed E-state index contributed by atoms with van der Waals surface area (Å²) in [6, 6.07) is 0.760. The van der Waals surface area contributed by atoms with E-state index < -0.39 is 0 Å². The lowest BCUT2D eigenvalue weighted by atomic mass is 9.93. The molecular weight excluding hydrogens is 136 g/mol. The lowest BCUT2D eigenvalue weighted by molar-refractivity contribution is 0.309. The molecule has 1 aliphatic carbocycles. The van der Waals surface area contributed by atoms with Crippen LogP contribution in [-0.4, -0.2) is 9.55 Å². The van der Waals surface area contributed by atoms with Gasteiger partial charge in [0.15, 0.2) is 0 Å². The highest BCUT2D eigenvalue weighted by molar-refractivity contribution is 5.10. The number of nitrogens with zero attached hydrogens (tertiary/aromatic N) is 2. The second-order valence-electron chi connectivity index (χ2n) is 3.41. The van der Waals surface area contributed by atoms with Crippen molar-refractivity contribution < 1.29 is 0 Å². The first kappa shape index (κ1) is 6.89. The average molecular weight is 150 g/mol. The van der Waals surface area contributed by atoms with Crippen molar-refractivity contribution in [3.05, 3.63) is 17.7 Å². The molecule has 1 saturated carbocycles. The van der Waals surface area contributed by atoms with Gasteiger partial charge in [-0.1, -0.05) is 0 Å². The second kappa shape index (κ2) is 2.36. The Morgan fingerprint density at radius 1 is 1.45 bits per heavy atom. The highest BCUT2D eigenvalue weighted by atomic mass is 15.1. The van der Waals surface area contributed by atoms with Gasteiger partial charge in [-0.3, -0.25) is 0 Å². The largest absolute Gasteiger partial charge is 0.332 e. The van der Waals surface area contributed by atoms with Gasteiger partial charge in [0.25, 0.3) is 0 Å². The van der Waals surface area contributed by atoms with Crippen LogP contribution in [0.5, 0.6) is 0 Å². The monoisotopic (exact) mass is 150 g/mol. The molecule has 1 fully saturated rings. The molecular formula is C9H14N2. The Hall–Kier alpha value is -0.790. The van der Waals surface area contributed by atoms with Crippen molar-refractivity contribution in [1.29, 1.82) is 0 Å². The van der Waals surface area contributed by atoms with Gasteiger partial charge in [0.1, 0.15) is 0 Å². The van der Waals surface area contributed by atoms with Crippen molar-refractivity contribution in [3.63, 3.8) is 0 Å². The van der Waals surface area contributed by atoms with Crippen LogP contribution in [0.2, 0.25) is 0 Å². The second-order valence-corrected chi connectivity index (χ2v) is 3.41. The van der Waals surface area contributed by atoms with Crippen molar-refractivity contribution >= 4 is 0 Å². The summed E-state index contributed by atoms with van der Waals surface area (Å²) < 4.78 is 2.32. The van der Waals surface area contributed by atoms with E-state index in [9.17, 15) is 0 Å². The van der Waals surface area contributed by atoms with E-state index in [2.05, 4.69) is 23.4 Å². The molecule has 1 aromatic rings. The van der Waals surface area contributed by atoms with Crippen molar-refractivity contribution in [2.45, 2.75) is 39.2 Å². The zero-order valence-electron chi connectivity index (χ0n) is 7.17. The fourth-order valence-electron chi connectivity index (χ4n) is 1.55. The summed E-state index contributed by atoms with van der Waals surface area (Å²) in [5.41, 5.74) is 2.52. The SMILES string of the molecule is Cc1ncn(C2CCC2)c1C. The molecule has 1 aliphatic rings. The molecule has 0 amide bonds. The van der Waals surface area contributed by atoms with Crippen LogP contribution in [0.15, 0.2) is 6.33 Å². The molecule has 2 rings (SSSR count). The van der Waals surface area contributed by atoms with Gasteiger partial charge in [-0.25, -0.2) is 4.98 Å². The van der Waals surface area contributed by atoms with E-state index in [1.54, 1.807) is 0 Å². The molecule has 60 valence electrons. The molecule has 0 bridgehead atoms. The van der Waals surface area contributed by atoms with Gasteiger partial charge in [-0.2, -0.15) is 0 Å². The summed E-state index contributed by atoms with van der Waals surface area (Å²) in [4.78, 5) is 4.28. The predicted molar refractivity (Wildman–Crippen MR) is 44.6 cm³/mol. The topological polar surface area (TPSA) is 17.8 Å². The van der Waals surface area contributed by atoms with Crippen LogP contribution in [0, 0.1) is 13.8 Å². The zero-order valence-corrected chi connectivity index (χ0v) is 7.17. The summed E-state index contributed by atoms with van der Waals surface area (Å²) in [6.07, 6.45) is 6.06. The molecule has 2 nitrogen and oxygen atoms in total. The van der Waals surface area contributed by atoms with Crippen LogP contribution >= 0.6 is 0 Å². The van der Waals surface area contributed by atoms with E-state index in [1.807, 2.05) is 6.33 Å². The Balaban J connectivity index is 2.29. The molecule has 1 aromatic heterocycles. The first-order valence-corrected chi connectivity index (χ1v) is 4.29. The van der Waals surface area contributed by atoms with Gasteiger partial charge in [-0.05, 0) is 33.1 Å². The Bertz CT molecular complexity index is 259. The van der Waals surface area contributed by atoms with Gasteiger partial charge in [0, 0.05) is 11.7 Å². The normalized spacial score (nSPS) is 18.4. The van der Waals surface area contributed by atoms with Crippen molar-refractivity contribution in [2.75, 3.05) is 0 Å². The summed E-state index contributed by atoms with van der Waals surface area (Å²) in [5, 5.41) is 0. The summed E-state index contributed by atoms with van der Waals surface area (Å²) in [6.45, 7) is 4.23. The van der Waals surface area contributed by atoms with E-state index >= 15 is 0 Å². The standard InChI is InChI=1S/C9H14N2/c1-7-8(2)11(6-10-7)9-4-3-5-9/h6,9H,3-5H2,1-2H3. The molecule has 2 heteroatoms. The van der Waals surface area contributed by atoms with Crippen LogP contribution < -0.4 is 0 Å². The number of aryl methyl sites for hydroxylation is 1. The first-order chi connectivity index (χ1) is 5.29. The van der Waals surface area contributed by atoms with Crippen LogP contribution in [0.25, 0.3) is 0 Å². The van der Waals surface area contributed by atoms with Crippen LogP contribution in [0.3, 0.4) is 0 Å². The van der Waals surface area contributed by atoms with E-state index in [1.165, 1.54) is 30.7 Å². The fraction of sp³-hybridized carbons (Fsp3) is 0.667. The lowest BCUT2D eigenvalue weighted by Gasteiger charge is -2.27. The van der Waals surface area contributed by atoms with Gasteiger partial charge in [0.2, 0.25) is 0 Å². The highest BCUT2D eigenvalue weighted by Crippen LogP contribution is 2.32. The molecule has 0 N–H and O–H groups in total. The maximum absolute atomic E-state index is 4.28. The Kier molecular flexibility index (Phi) is 1.48. The summed E-state index contributed by atoms with van der Waals surface area (Å²) in [5.74, 6) is 0. The number of imidazole rings is 1. The molecule has 1 heterocycles. The van der Waals surface area contributed by atoms with E-state index in [4.69, 9.17) is 0 Å². The molecule has 0 aliphatic heterocycles. The molecule has 0 aromatic carbocycles. The minimum atomic E-state index is 0.760. The molecule has 11 heavy (non-hydrogen) atoms. The number of hydrogen-bond donors (Lipinski definition) is 0. The Morgan fingerprint density at radius 3 is 2.55 bits per heavy atom.